The predicted octanol–water partition coefficient (Wildman–Crippen LogP) is 4.16. The number of benzene rings is 1. The Balaban J connectivity index is 1.60. The van der Waals surface area contributed by atoms with E-state index < -0.39 is 0 Å². The molecule has 0 spiro atoms. The van der Waals surface area contributed by atoms with E-state index in [0.29, 0.717) is 30.6 Å². The fraction of sp³-hybridized carbons (Fsp3) is 0.348. The molecule has 156 valence electrons. The average molecular weight is 422 g/mol. The van der Waals surface area contributed by atoms with E-state index in [-0.39, 0.29) is 11.3 Å². The van der Waals surface area contributed by atoms with E-state index in [1.54, 1.807) is 29.5 Å². The van der Waals surface area contributed by atoms with Gasteiger partial charge in [-0.15, -0.1) is 11.3 Å². The minimum atomic E-state index is -0.200. The van der Waals surface area contributed by atoms with Crippen LogP contribution >= 0.6 is 11.3 Å². The maximum Gasteiger partial charge on any atom is 0.272 e. The van der Waals surface area contributed by atoms with Gasteiger partial charge in [-0.1, -0.05) is 36.4 Å². The van der Waals surface area contributed by atoms with Crippen molar-refractivity contribution in [3.8, 4) is 0 Å². The molecule has 2 aromatic heterocycles. The molecule has 3 heterocycles. The van der Waals surface area contributed by atoms with E-state index in [1.165, 1.54) is 5.56 Å². The largest absolute Gasteiger partial charge is 0.384 e. The number of rotatable bonds is 5. The number of hydrogen-bond donors (Lipinski definition) is 2. The third-order valence-electron chi connectivity index (χ3n) is 5.63. The van der Waals surface area contributed by atoms with Crippen molar-refractivity contribution >= 4 is 28.2 Å². The van der Waals surface area contributed by atoms with Crippen LogP contribution in [0.4, 0.5) is 10.9 Å². The lowest BCUT2D eigenvalue weighted by molar-refractivity contribution is 0.0678. The lowest BCUT2D eigenvalue weighted by atomic mass is 9.70. The molecule has 0 aliphatic carbocycles. The molecule has 0 radical (unpaired) electrons. The second kappa shape index (κ2) is 8.44. The van der Waals surface area contributed by atoms with Gasteiger partial charge in [0, 0.05) is 29.9 Å². The molecular formula is C23H27N5OS. The maximum absolute atomic E-state index is 12.9. The van der Waals surface area contributed by atoms with Crippen LogP contribution in [0.1, 0.15) is 48.4 Å². The SMILES string of the molecule is CC(C)Nc1nc(C2(c3ccccc3)CCN(C(=O)c3cccc(N)n3)CC2)cs1. The third kappa shape index (κ3) is 4.03. The van der Waals surface area contributed by atoms with Crippen LogP contribution in [-0.2, 0) is 5.41 Å². The van der Waals surface area contributed by atoms with Crippen molar-refractivity contribution in [1.82, 2.24) is 14.9 Å². The van der Waals surface area contributed by atoms with Crippen molar-refractivity contribution in [3.05, 3.63) is 70.9 Å². The van der Waals surface area contributed by atoms with Crippen LogP contribution in [0.2, 0.25) is 0 Å². The number of piperidine rings is 1. The number of carbonyl (C=O) groups excluding carboxylic acids is 1. The van der Waals surface area contributed by atoms with Crippen molar-refractivity contribution in [3.63, 3.8) is 0 Å². The lowest BCUT2D eigenvalue weighted by Crippen LogP contribution is -2.46. The fourth-order valence-corrected chi connectivity index (χ4v) is 5.04. The van der Waals surface area contributed by atoms with Crippen molar-refractivity contribution < 1.29 is 4.79 Å². The van der Waals surface area contributed by atoms with Crippen LogP contribution in [-0.4, -0.2) is 39.9 Å². The summed E-state index contributed by atoms with van der Waals surface area (Å²) in [6, 6.07) is 16.1. The van der Waals surface area contributed by atoms with Crippen LogP contribution in [0, 0.1) is 0 Å². The number of carbonyl (C=O) groups is 1. The zero-order valence-corrected chi connectivity index (χ0v) is 18.2. The molecular weight excluding hydrogens is 394 g/mol. The van der Waals surface area contributed by atoms with Gasteiger partial charge in [0.15, 0.2) is 5.13 Å². The first kappa shape index (κ1) is 20.3. The summed E-state index contributed by atoms with van der Waals surface area (Å²) in [6.07, 6.45) is 1.63. The molecule has 1 amide bonds. The molecule has 1 aliphatic heterocycles. The maximum atomic E-state index is 12.9. The molecule has 6 nitrogen and oxygen atoms in total. The summed E-state index contributed by atoms with van der Waals surface area (Å²) in [7, 11) is 0. The van der Waals surface area contributed by atoms with Gasteiger partial charge in [0.2, 0.25) is 0 Å². The highest BCUT2D eigenvalue weighted by Gasteiger charge is 2.41. The molecule has 3 N–H and O–H groups in total. The number of hydrogen-bond acceptors (Lipinski definition) is 6. The summed E-state index contributed by atoms with van der Waals surface area (Å²) < 4.78 is 0. The number of anilines is 2. The lowest BCUT2D eigenvalue weighted by Gasteiger charge is -2.41. The predicted molar refractivity (Wildman–Crippen MR) is 122 cm³/mol. The van der Waals surface area contributed by atoms with Gasteiger partial charge in [-0.2, -0.15) is 0 Å². The molecule has 4 rings (SSSR count). The Labute approximate surface area is 181 Å². The number of nitrogens with zero attached hydrogens (tertiary/aromatic N) is 3. The smallest absolute Gasteiger partial charge is 0.272 e. The van der Waals surface area contributed by atoms with Gasteiger partial charge in [0.25, 0.3) is 5.91 Å². The summed E-state index contributed by atoms with van der Waals surface area (Å²) in [5.74, 6) is 0.300. The van der Waals surface area contributed by atoms with Gasteiger partial charge >= 0.3 is 0 Å². The topological polar surface area (TPSA) is 84.1 Å². The van der Waals surface area contributed by atoms with Crippen molar-refractivity contribution in [1.29, 1.82) is 0 Å². The molecule has 1 fully saturated rings. The van der Waals surface area contributed by atoms with Gasteiger partial charge < -0.3 is 16.0 Å². The first-order valence-corrected chi connectivity index (χ1v) is 11.2. The number of amides is 1. The molecule has 1 saturated heterocycles. The Kier molecular flexibility index (Phi) is 5.72. The Bertz CT molecular complexity index is 1010. The molecule has 0 bridgehead atoms. The van der Waals surface area contributed by atoms with E-state index in [0.717, 1.165) is 23.7 Å². The molecule has 0 atom stereocenters. The van der Waals surface area contributed by atoms with Crippen molar-refractivity contribution in [2.75, 3.05) is 24.1 Å². The second-order valence-corrected chi connectivity index (χ2v) is 8.88. The van der Waals surface area contributed by atoms with E-state index >= 15 is 0 Å². The van der Waals surface area contributed by atoms with E-state index in [2.05, 4.69) is 53.8 Å². The molecule has 0 unspecified atom stereocenters. The number of pyridine rings is 1. The van der Waals surface area contributed by atoms with Gasteiger partial charge in [-0.3, -0.25) is 4.79 Å². The molecule has 7 heteroatoms. The van der Waals surface area contributed by atoms with Gasteiger partial charge in [0.05, 0.1) is 5.69 Å². The molecule has 0 saturated carbocycles. The van der Waals surface area contributed by atoms with Gasteiger partial charge in [-0.25, -0.2) is 9.97 Å². The molecule has 30 heavy (non-hydrogen) atoms. The van der Waals surface area contributed by atoms with Crippen molar-refractivity contribution in [2.45, 2.75) is 38.1 Å². The fourth-order valence-electron chi connectivity index (χ4n) is 4.08. The number of nitrogens with two attached hydrogens (primary N) is 1. The molecule has 3 aromatic rings. The second-order valence-electron chi connectivity index (χ2n) is 8.02. The Morgan fingerprint density at radius 1 is 1.10 bits per heavy atom. The quantitative estimate of drug-likeness (QED) is 0.646. The van der Waals surface area contributed by atoms with Crippen LogP contribution < -0.4 is 11.1 Å². The number of aromatic nitrogens is 2. The first-order chi connectivity index (χ1) is 14.5. The zero-order chi connectivity index (χ0) is 21.1. The molecule has 1 aromatic carbocycles. The van der Waals surface area contributed by atoms with Gasteiger partial charge in [-0.05, 0) is 44.4 Å². The summed E-state index contributed by atoms with van der Waals surface area (Å²) >= 11 is 1.64. The minimum absolute atomic E-state index is 0.0654. The summed E-state index contributed by atoms with van der Waals surface area (Å²) in [5.41, 5.74) is 8.30. The van der Waals surface area contributed by atoms with E-state index in [9.17, 15) is 4.79 Å². The highest BCUT2D eigenvalue weighted by Crippen LogP contribution is 2.42. The Hall–Kier alpha value is -2.93. The monoisotopic (exact) mass is 421 g/mol. The highest BCUT2D eigenvalue weighted by atomic mass is 32.1. The van der Waals surface area contributed by atoms with Crippen molar-refractivity contribution in [2.24, 2.45) is 0 Å². The number of thiazole rings is 1. The summed E-state index contributed by atoms with van der Waals surface area (Å²) in [5, 5.41) is 6.51. The summed E-state index contributed by atoms with van der Waals surface area (Å²) in [4.78, 5) is 24.0. The zero-order valence-electron chi connectivity index (χ0n) is 17.3. The normalized spacial score (nSPS) is 15.9. The Morgan fingerprint density at radius 3 is 2.50 bits per heavy atom. The Morgan fingerprint density at radius 2 is 1.83 bits per heavy atom. The third-order valence-corrected chi connectivity index (χ3v) is 6.40. The van der Waals surface area contributed by atoms with Crippen LogP contribution in [0.15, 0.2) is 53.9 Å². The standard InChI is InChI=1S/C23H27N5OS/c1-16(2)25-22-27-19(15-30-22)23(17-7-4-3-5-8-17)11-13-28(14-12-23)21(29)18-9-6-10-20(24)26-18/h3-10,15-16H,11-14H2,1-2H3,(H2,24,26)(H,25,27). The minimum Gasteiger partial charge on any atom is -0.384 e. The highest BCUT2D eigenvalue weighted by molar-refractivity contribution is 7.13. The van der Waals surface area contributed by atoms with E-state index in [1.807, 2.05) is 11.0 Å². The van der Waals surface area contributed by atoms with Crippen LogP contribution in [0.5, 0.6) is 0 Å². The summed E-state index contributed by atoms with van der Waals surface area (Å²) in [6.45, 7) is 5.52. The van der Waals surface area contributed by atoms with E-state index in [4.69, 9.17) is 10.7 Å². The van der Waals surface area contributed by atoms with Gasteiger partial charge in [0.1, 0.15) is 11.5 Å². The van der Waals surface area contributed by atoms with Crippen LogP contribution in [0.25, 0.3) is 0 Å². The number of nitrogens with one attached hydrogen (secondary N) is 1. The van der Waals surface area contributed by atoms with Crippen LogP contribution in [0.3, 0.4) is 0 Å². The number of likely N-dealkylation sites (tertiary alicyclic amines) is 1. The molecule has 1 aliphatic rings. The number of nitrogen functional groups attached to an aromatic ring is 1. The average Bonchev–Trinajstić information content (AvgIpc) is 3.22. The first-order valence-electron chi connectivity index (χ1n) is 10.3.